The monoisotopic (exact) mass is 540 g/mol. The Morgan fingerprint density at radius 3 is 2.16 bits per heavy atom. The summed E-state index contributed by atoms with van der Waals surface area (Å²) in [6.45, 7) is 3.03. The van der Waals surface area contributed by atoms with Gasteiger partial charge in [0.2, 0.25) is 11.8 Å². The maximum atomic E-state index is 12.3. The first-order valence-electron chi connectivity index (χ1n) is 12.6. The molecular weight excluding hydrogens is 504 g/mol. The molecule has 38 heavy (non-hydrogen) atoms. The van der Waals surface area contributed by atoms with Crippen LogP contribution >= 0.6 is 11.8 Å². The van der Waals surface area contributed by atoms with E-state index < -0.39 is 0 Å². The summed E-state index contributed by atoms with van der Waals surface area (Å²) in [4.78, 5) is 34.1. The predicted molar refractivity (Wildman–Crippen MR) is 150 cm³/mol. The molecule has 2 aromatic carbocycles. The summed E-state index contributed by atoms with van der Waals surface area (Å²) in [5.41, 5.74) is 3.72. The molecule has 0 radical (unpaired) electrons. The quantitative estimate of drug-likeness (QED) is 0.218. The number of thioether (sulfide) groups is 1. The van der Waals surface area contributed by atoms with Crippen LogP contribution in [0.15, 0.2) is 53.7 Å². The van der Waals surface area contributed by atoms with Crippen molar-refractivity contribution in [2.24, 2.45) is 0 Å². The van der Waals surface area contributed by atoms with Crippen molar-refractivity contribution in [2.45, 2.75) is 24.9 Å². The maximum absolute atomic E-state index is 12.3. The number of H-pyrrole nitrogens is 1. The van der Waals surface area contributed by atoms with Crippen LogP contribution in [0.5, 0.6) is 11.5 Å². The van der Waals surface area contributed by atoms with Crippen molar-refractivity contribution in [1.29, 1.82) is 0 Å². The van der Waals surface area contributed by atoms with Crippen molar-refractivity contribution >= 4 is 23.6 Å². The van der Waals surface area contributed by atoms with Crippen LogP contribution in [-0.4, -0.2) is 80.0 Å². The van der Waals surface area contributed by atoms with E-state index in [0.717, 1.165) is 39.2 Å². The second-order valence-electron chi connectivity index (χ2n) is 8.40. The molecule has 0 aliphatic rings. The molecule has 1 heterocycles. The second kappa shape index (κ2) is 15.2. The number of benzene rings is 2. The molecule has 9 nitrogen and oxygen atoms in total. The Balaban J connectivity index is 1.63. The molecule has 3 aromatic rings. The zero-order valence-corrected chi connectivity index (χ0v) is 23.2. The van der Waals surface area contributed by atoms with Gasteiger partial charge in [0.1, 0.15) is 11.5 Å². The number of aromatic nitrogens is 2. The molecule has 2 N–H and O–H groups in total. The van der Waals surface area contributed by atoms with E-state index in [0.29, 0.717) is 25.2 Å². The maximum Gasteiger partial charge on any atom is 0.243 e. The van der Waals surface area contributed by atoms with Crippen LogP contribution in [0, 0.1) is 0 Å². The highest BCUT2D eigenvalue weighted by Crippen LogP contribution is 2.34. The van der Waals surface area contributed by atoms with Gasteiger partial charge in [-0.1, -0.05) is 18.7 Å². The van der Waals surface area contributed by atoms with Crippen molar-refractivity contribution in [1.82, 2.24) is 20.2 Å². The van der Waals surface area contributed by atoms with Gasteiger partial charge in [0, 0.05) is 23.3 Å². The third-order valence-electron chi connectivity index (χ3n) is 5.74. The zero-order valence-electron chi connectivity index (χ0n) is 22.4. The fourth-order valence-corrected chi connectivity index (χ4v) is 4.51. The predicted octanol–water partition coefficient (Wildman–Crippen LogP) is 4.24. The van der Waals surface area contributed by atoms with Crippen molar-refractivity contribution in [3.63, 3.8) is 0 Å². The van der Waals surface area contributed by atoms with Crippen molar-refractivity contribution < 1.29 is 23.8 Å². The molecule has 0 fully saturated rings. The van der Waals surface area contributed by atoms with E-state index in [1.807, 2.05) is 55.5 Å². The minimum Gasteiger partial charge on any atom is -0.497 e. The smallest absolute Gasteiger partial charge is 0.243 e. The van der Waals surface area contributed by atoms with Gasteiger partial charge in [-0.05, 0) is 62.0 Å². The second-order valence-corrected chi connectivity index (χ2v) is 9.49. The van der Waals surface area contributed by atoms with Gasteiger partial charge in [-0.3, -0.25) is 14.5 Å². The number of carbonyl (C=O) groups excluding carboxylic acids is 2. The summed E-state index contributed by atoms with van der Waals surface area (Å²) in [6.07, 6.45) is 1.04. The number of rotatable bonds is 15. The molecule has 0 bridgehead atoms. The van der Waals surface area contributed by atoms with E-state index in [9.17, 15) is 9.59 Å². The Morgan fingerprint density at radius 2 is 1.58 bits per heavy atom. The topological polar surface area (TPSA) is 106 Å². The van der Waals surface area contributed by atoms with Crippen molar-refractivity contribution in [2.75, 3.05) is 53.3 Å². The summed E-state index contributed by atoms with van der Waals surface area (Å²) in [6, 6.07) is 15.6. The fraction of sp³-hybridized carbons (Fsp3) is 0.393. The van der Waals surface area contributed by atoms with E-state index in [1.54, 1.807) is 33.0 Å². The van der Waals surface area contributed by atoms with E-state index >= 15 is 0 Å². The number of nitrogens with zero attached hydrogens (tertiary/aromatic N) is 2. The summed E-state index contributed by atoms with van der Waals surface area (Å²) >= 11 is 1.55. The molecule has 0 unspecified atom stereocenters. The molecule has 0 aliphatic carbocycles. The first-order chi connectivity index (χ1) is 18.5. The number of ether oxygens (including phenoxy) is 3. The highest BCUT2D eigenvalue weighted by molar-refractivity contribution is 7.99. The molecule has 0 aliphatic heterocycles. The number of nitrogens with one attached hydrogen (secondary N) is 2. The lowest BCUT2D eigenvalue weighted by Crippen LogP contribution is -2.43. The standard InChI is InChI=1S/C28H36N4O5S/c1-5-6-24(33)32(25(34)19-29-2)15-16-37-17-18-38-28-30-26(20-7-11-22(35-3)12-8-20)27(31-28)21-9-13-23(36-4)14-10-21/h7-14,29H,5-6,15-19H2,1-4H3,(H,30,31). The molecule has 0 saturated heterocycles. The Morgan fingerprint density at radius 1 is 0.947 bits per heavy atom. The Bertz CT molecular complexity index is 1080. The number of imide groups is 1. The number of imidazole rings is 1. The van der Waals surface area contributed by atoms with E-state index in [2.05, 4.69) is 10.3 Å². The highest BCUT2D eigenvalue weighted by Gasteiger charge is 2.20. The Kier molecular flexibility index (Phi) is 11.7. The molecule has 0 saturated carbocycles. The lowest BCUT2D eigenvalue weighted by atomic mass is 10.0. The van der Waals surface area contributed by atoms with Gasteiger partial charge in [-0.2, -0.15) is 0 Å². The summed E-state index contributed by atoms with van der Waals surface area (Å²) < 4.78 is 16.3. The molecule has 3 rings (SSSR count). The molecule has 204 valence electrons. The number of aromatic amines is 1. The molecule has 10 heteroatoms. The average Bonchev–Trinajstić information content (AvgIpc) is 3.37. The van der Waals surface area contributed by atoms with Gasteiger partial charge < -0.3 is 24.5 Å². The van der Waals surface area contributed by atoms with E-state index in [1.165, 1.54) is 4.90 Å². The third kappa shape index (κ3) is 8.08. The van der Waals surface area contributed by atoms with Gasteiger partial charge in [-0.25, -0.2) is 4.98 Å². The number of likely N-dealkylation sites (N-methyl/N-ethyl adjacent to an activating group) is 1. The molecular formula is C28H36N4O5S. The van der Waals surface area contributed by atoms with E-state index in [-0.39, 0.29) is 31.5 Å². The van der Waals surface area contributed by atoms with Crippen LogP contribution in [0.3, 0.4) is 0 Å². The lowest BCUT2D eigenvalue weighted by molar-refractivity contribution is -0.145. The largest absolute Gasteiger partial charge is 0.497 e. The summed E-state index contributed by atoms with van der Waals surface area (Å²) in [7, 11) is 4.97. The number of methoxy groups -OCH3 is 2. The summed E-state index contributed by atoms with van der Waals surface area (Å²) in [5.74, 6) is 1.82. The summed E-state index contributed by atoms with van der Waals surface area (Å²) in [5, 5.41) is 3.58. The molecule has 2 amide bonds. The first kappa shape index (κ1) is 29.2. The van der Waals surface area contributed by atoms with Gasteiger partial charge in [0.25, 0.3) is 0 Å². The fourth-order valence-electron chi connectivity index (χ4n) is 3.78. The van der Waals surface area contributed by atoms with Crippen LogP contribution < -0.4 is 14.8 Å². The Labute approximate surface area is 228 Å². The lowest BCUT2D eigenvalue weighted by Gasteiger charge is -2.20. The molecule has 0 spiro atoms. The average molecular weight is 541 g/mol. The van der Waals surface area contributed by atoms with Gasteiger partial charge in [0.05, 0.1) is 51.9 Å². The van der Waals surface area contributed by atoms with Crippen molar-refractivity contribution in [3.8, 4) is 34.0 Å². The normalized spacial score (nSPS) is 10.8. The van der Waals surface area contributed by atoms with Crippen LogP contribution in [-0.2, 0) is 14.3 Å². The number of hydrogen-bond acceptors (Lipinski definition) is 8. The van der Waals surface area contributed by atoms with Crippen LogP contribution in [0.25, 0.3) is 22.5 Å². The third-order valence-corrected chi connectivity index (χ3v) is 6.58. The number of amides is 2. The number of hydrogen-bond donors (Lipinski definition) is 2. The molecule has 0 atom stereocenters. The van der Waals surface area contributed by atoms with Crippen LogP contribution in [0.1, 0.15) is 19.8 Å². The minimum atomic E-state index is -0.239. The minimum absolute atomic E-state index is 0.122. The molecule has 1 aromatic heterocycles. The van der Waals surface area contributed by atoms with Crippen LogP contribution in [0.2, 0.25) is 0 Å². The van der Waals surface area contributed by atoms with Gasteiger partial charge >= 0.3 is 0 Å². The SMILES string of the molecule is CCCC(=O)N(CCOCCSc1nc(-c2ccc(OC)cc2)c(-c2ccc(OC)cc2)[nH]1)C(=O)CNC. The van der Waals surface area contributed by atoms with Crippen LogP contribution in [0.4, 0.5) is 0 Å². The highest BCUT2D eigenvalue weighted by atomic mass is 32.2. The Hall–Kier alpha value is -3.34. The van der Waals surface area contributed by atoms with E-state index in [4.69, 9.17) is 19.2 Å². The zero-order chi connectivity index (χ0) is 27.3. The first-order valence-corrected chi connectivity index (χ1v) is 13.6. The van der Waals surface area contributed by atoms with Gasteiger partial charge in [-0.15, -0.1) is 0 Å². The van der Waals surface area contributed by atoms with Gasteiger partial charge in [0.15, 0.2) is 5.16 Å². The van der Waals surface area contributed by atoms with Crippen molar-refractivity contribution in [3.05, 3.63) is 48.5 Å². The number of carbonyl (C=O) groups is 2.